The van der Waals surface area contributed by atoms with Gasteiger partial charge in [0.15, 0.2) is 0 Å². The number of ether oxygens (including phenoxy) is 1. The van der Waals surface area contributed by atoms with Crippen LogP contribution in [0.1, 0.15) is 22.4 Å². The number of benzene rings is 2. The van der Waals surface area contributed by atoms with Gasteiger partial charge in [0.25, 0.3) is 5.56 Å². The minimum absolute atomic E-state index is 0. The average Bonchev–Trinajstić information content (AvgIpc) is 2.88. The molecule has 4 rings (SSSR count). The Kier molecular flexibility index (Phi) is 10.1. The summed E-state index contributed by atoms with van der Waals surface area (Å²) >= 11 is 3.30. The van der Waals surface area contributed by atoms with E-state index in [1.807, 2.05) is 24.3 Å². The molecule has 0 atom stereocenters. The summed E-state index contributed by atoms with van der Waals surface area (Å²) in [7, 11) is 0. The highest BCUT2D eigenvalue weighted by Crippen LogP contribution is 2.24. The maximum atomic E-state index is 13.9. The van der Waals surface area contributed by atoms with Crippen molar-refractivity contribution in [1.82, 2.24) is 20.1 Å². The van der Waals surface area contributed by atoms with Crippen molar-refractivity contribution in [2.24, 2.45) is 0 Å². The highest BCUT2D eigenvalue weighted by molar-refractivity contribution is 9.10. The molecule has 1 aromatic heterocycles. The van der Waals surface area contributed by atoms with E-state index in [-0.39, 0.29) is 46.4 Å². The highest BCUT2D eigenvalue weighted by atomic mass is 79.9. The van der Waals surface area contributed by atoms with Crippen LogP contribution < -0.4 is 20.9 Å². The molecule has 2 N–H and O–H groups in total. The maximum absolute atomic E-state index is 13.9. The molecule has 0 radical (unpaired) electrons. The number of hydrogen-bond acceptors (Lipinski definition) is 4. The zero-order valence-corrected chi connectivity index (χ0v) is 22.6. The summed E-state index contributed by atoms with van der Waals surface area (Å²) in [5.41, 5.74) is 2.46. The smallest absolute Gasteiger partial charge is 0.317 e. The summed E-state index contributed by atoms with van der Waals surface area (Å²) in [5, 5.41) is 6.16. The fourth-order valence-corrected chi connectivity index (χ4v) is 4.36. The second-order valence-corrected chi connectivity index (χ2v) is 9.38. The molecule has 0 aliphatic carbocycles. The molecular formula is C26H28BrClF2N4O3. The molecule has 0 unspecified atom stereocenters. The van der Waals surface area contributed by atoms with E-state index in [4.69, 9.17) is 4.74 Å². The quantitative estimate of drug-likeness (QED) is 0.425. The average molecular weight is 598 g/mol. The summed E-state index contributed by atoms with van der Waals surface area (Å²) in [6, 6.07) is 12.6. The number of piperazine rings is 1. The third kappa shape index (κ3) is 7.30. The van der Waals surface area contributed by atoms with Crippen LogP contribution in [0.2, 0.25) is 0 Å². The highest BCUT2D eigenvalue weighted by Gasteiger charge is 2.16. The number of carbonyl (C=O) groups is 1. The minimum Gasteiger partial charge on any atom is -0.487 e. The van der Waals surface area contributed by atoms with Crippen LogP contribution in [0.15, 0.2) is 57.8 Å². The Morgan fingerprint density at radius 2 is 1.76 bits per heavy atom. The van der Waals surface area contributed by atoms with E-state index in [0.717, 1.165) is 36.3 Å². The summed E-state index contributed by atoms with van der Waals surface area (Å²) in [4.78, 5) is 27.1. The van der Waals surface area contributed by atoms with Gasteiger partial charge in [-0.25, -0.2) is 13.6 Å². The molecule has 2 aromatic carbocycles. The number of rotatable bonds is 7. The number of pyridine rings is 1. The number of nitrogens with one attached hydrogen (secondary N) is 2. The van der Waals surface area contributed by atoms with Crippen molar-refractivity contribution in [3.63, 3.8) is 0 Å². The molecule has 2 amide bonds. The van der Waals surface area contributed by atoms with Crippen LogP contribution >= 0.6 is 28.3 Å². The van der Waals surface area contributed by atoms with Crippen molar-refractivity contribution in [3.05, 3.63) is 97.4 Å². The molecule has 2 heterocycles. The predicted octanol–water partition coefficient (Wildman–Crippen LogP) is 4.36. The number of halogens is 4. The van der Waals surface area contributed by atoms with Gasteiger partial charge < -0.3 is 24.8 Å². The van der Waals surface area contributed by atoms with Crippen LogP contribution in [0, 0.1) is 18.6 Å². The molecule has 1 aliphatic rings. The molecule has 0 saturated carbocycles. The number of aryl methyl sites for hydroxylation is 1. The molecule has 1 aliphatic heterocycles. The lowest BCUT2D eigenvalue weighted by Gasteiger charge is -2.27. The van der Waals surface area contributed by atoms with E-state index >= 15 is 0 Å². The van der Waals surface area contributed by atoms with E-state index in [1.165, 1.54) is 6.07 Å². The predicted molar refractivity (Wildman–Crippen MR) is 143 cm³/mol. The van der Waals surface area contributed by atoms with Gasteiger partial charge in [-0.15, -0.1) is 12.4 Å². The lowest BCUT2D eigenvalue weighted by molar-refractivity contribution is 0.190. The molecule has 0 spiro atoms. The Morgan fingerprint density at radius 1 is 1.08 bits per heavy atom. The van der Waals surface area contributed by atoms with Gasteiger partial charge in [-0.3, -0.25) is 4.79 Å². The van der Waals surface area contributed by atoms with Crippen molar-refractivity contribution >= 4 is 34.4 Å². The third-order valence-corrected chi connectivity index (χ3v) is 6.75. The van der Waals surface area contributed by atoms with Crippen LogP contribution in [0.25, 0.3) is 0 Å². The SMILES string of the molecule is Cc1cc(OCc2ccc(F)cc2F)c(Br)c(=O)n1Cc1ccc(CNC(=O)N2CCNCC2)cc1.Cl. The van der Waals surface area contributed by atoms with Gasteiger partial charge >= 0.3 is 6.03 Å². The molecule has 3 aromatic rings. The first-order valence-electron chi connectivity index (χ1n) is 11.6. The number of urea groups is 1. The number of nitrogens with zero attached hydrogens (tertiary/aromatic N) is 2. The van der Waals surface area contributed by atoms with E-state index < -0.39 is 11.6 Å². The topological polar surface area (TPSA) is 75.6 Å². The Bertz CT molecular complexity index is 1300. The van der Waals surface area contributed by atoms with Gasteiger partial charge in [-0.2, -0.15) is 0 Å². The Morgan fingerprint density at radius 3 is 2.43 bits per heavy atom. The largest absolute Gasteiger partial charge is 0.487 e. The van der Waals surface area contributed by atoms with Gasteiger partial charge in [0.2, 0.25) is 0 Å². The normalized spacial score (nSPS) is 13.1. The molecule has 37 heavy (non-hydrogen) atoms. The standard InChI is InChI=1S/C26H27BrF2N4O3.ClH/c1-17-12-23(36-16-20-6-7-21(28)13-22(20)29)24(27)25(34)33(17)15-19-4-2-18(3-5-19)14-31-26(35)32-10-8-30-9-11-32;/h2-7,12-13,30H,8-11,14-16H2,1H3,(H,31,35);1H. The third-order valence-electron chi connectivity index (χ3n) is 6.02. The first kappa shape index (κ1) is 28.6. The van der Waals surface area contributed by atoms with Crippen LogP contribution in [0.5, 0.6) is 5.75 Å². The molecule has 0 bridgehead atoms. The fraction of sp³-hybridized carbons (Fsp3) is 0.308. The minimum atomic E-state index is -0.706. The summed E-state index contributed by atoms with van der Waals surface area (Å²) in [5.74, 6) is -1.08. The van der Waals surface area contributed by atoms with Crippen LogP contribution in [-0.2, 0) is 19.7 Å². The van der Waals surface area contributed by atoms with Crippen molar-refractivity contribution in [3.8, 4) is 5.75 Å². The molecule has 1 fully saturated rings. The molecular weight excluding hydrogens is 570 g/mol. The number of aromatic nitrogens is 1. The molecule has 7 nitrogen and oxygen atoms in total. The second kappa shape index (κ2) is 13.0. The fourth-order valence-electron chi connectivity index (χ4n) is 3.91. The van der Waals surface area contributed by atoms with Gasteiger partial charge in [0.1, 0.15) is 28.5 Å². The molecule has 198 valence electrons. The Labute approximate surface area is 228 Å². The van der Waals surface area contributed by atoms with Gasteiger partial charge in [-0.1, -0.05) is 24.3 Å². The van der Waals surface area contributed by atoms with Crippen LogP contribution in [0.3, 0.4) is 0 Å². The second-order valence-electron chi connectivity index (χ2n) is 8.59. The van der Waals surface area contributed by atoms with Crippen molar-refractivity contribution in [2.75, 3.05) is 26.2 Å². The van der Waals surface area contributed by atoms with E-state index in [0.29, 0.717) is 31.9 Å². The Hall–Kier alpha value is -2.95. The van der Waals surface area contributed by atoms with Gasteiger partial charge in [-0.05, 0) is 46.1 Å². The molecule has 1 saturated heterocycles. The van der Waals surface area contributed by atoms with E-state index in [9.17, 15) is 18.4 Å². The Balaban J connectivity index is 0.00000380. The monoisotopic (exact) mass is 596 g/mol. The van der Waals surface area contributed by atoms with Crippen LogP contribution in [-0.4, -0.2) is 41.7 Å². The molecule has 11 heteroatoms. The van der Waals surface area contributed by atoms with Gasteiger partial charge in [0, 0.05) is 56.1 Å². The summed E-state index contributed by atoms with van der Waals surface area (Å²) < 4.78 is 34.5. The van der Waals surface area contributed by atoms with Crippen LogP contribution in [0.4, 0.5) is 13.6 Å². The first-order chi connectivity index (χ1) is 17.3. The van der Waals surface area contributed by atoms with Gasteiger partial charge in [0.05, 0.1) is 6.54 Å². The zero-order valence-electron chi connectivity index (χ0n) is 20.2. The summed E-state index contributed by atoms with van der Waals surface area (Å²) in [6.07, 6.45) is 0. The van der Waals surface area contributed by atoms with E-state index in [1.54, 1.807) is 22.5 Å². The lowest BCUT2D eigenvalue weighted by atomic mass is 10.1. The zero-order chi connectivity index (χ0) is 25.7. The van der Waals surface area contributed by atoms with Crippen molar-refractivity contribution in [2.45, 2.75) is 26.6 Å². The lowest BCUT2D eigenvalue weighted by Crippen LogP contribution is -2.50. The maximum Gasteiger partial charge on any atom is 0.317 e. The van der Waals surface area contributed by atoms with Crippen molar-refractivity contribution in [1.29, 1.82) is 0 Å². The first-order valence-corrected chi connectivity index (χ1v) is 12.4. The number of carbonyl (C=O) groups excluding carboxylic acids is 1. The summed E-state index contributed by atoms with van der Waals surface area (Å²) in [6.45, 7) is 5.42. The number of hydrogen-bond donors (Lipinski definition) is 2. The van der Waals surface area contributed by atoms with E-state index in [2.05, 4.69) is 26.6 Å². The van der Waals surface area contributed by atoms with Crippen molar-refractivity contribution < 1.29 is 18.3 Å². The number of amides is 2.